The third-order valence-corrected chi connectivity index (χ3v) is 3.98. The summed E-state index contributed by atoms with van der Waals surface area (Å²) >= 11 is 5.85. The highest BCUT2D eigenvalue weighted by Gasteiger charge is 2.24. The van der Waals surface area contributed by atoms with Crippen molar-refractivity contribution >= 4 is 11.6 Å². The first-order valence-electron chi connectivity index (χ1n) is 7.12. The van der Waals surface area contributed by atoms with E-state index in [-0.39, 0.29) is 11.9 Å². The molecule has 0 spiro atoms. The van der Waals surface area contributed by atoms with Gasteiger partial charge in [-0.15, -0.1) is 0 Å². The fourth-order valence-electron chi connectivity index (χ4n) is 2.70. The number of halogens is 2. The predicted octanol–water partition coefficient (Wildman–Crippen LogP) is 3.62. The normalized spacial score (nSPS) is 18.5. The van der Waals surface area contributed by atoms with Gasteiger partial charge in [-0.25, -0.2) is 4.39 Å². The van der Waals surface area contributed by atoms with Gasteiger partial charge in [0.05, 0.1) is 0 Å². The fourth-order valence-corrected chi connectivity index (χ4v) is 2.86. The van der Waals surface area contributed by atoms with Crippen LogP contribution < -0.4 is 5.32 Å². The van der Waals surface area contributed by atoms with Gasteiger partial charge in [0.1, 0.15) is 5.82 Å². The average Bonchev–Trinajstić information content (AvgIpc) is 2.42. The van der Waals surface area contributed by atoms with Crippen LogP contribution in [0.25, 0.3) is 0 Å². The van der Waals surface area contributed by atoms with Crippen molar-refractivity contribution in [3.05, 3.63) is 34.6 Å². The highest BCUT2D eigenvalue weighted by atomic mass is 35.5. The van der Waals surface area contributed by atoms with E-state index in [2.05, 4.69) is 17.1 Å². The first kappa shape index (κ1) is 14.8. The number of rotatable bonds is 5. The van der Waals surface area contributed by atoms with Gasteiger partial charge in [0.25, 0.3) is 0 Å². The van der Waals surface area contributed by atoms with Gasteiger partial charge in [0.2, 0.25) is 0 Å². The van der Waals surface area contributed by atoms with Crippen molar-refractivity contribution < 1.29 is 4.39 Å². The number of hydrogen-bond acceptors (Lipinski definition) is 2. The van der Waals surface area contributed by atoms with Gasteiger partial charge >= 0.3 is 0 Å². The third kappa shape index (κ3) is 3.91. The van der Waals surface area contributed by atoms with Crippen molar-refractivity contribution in [2.45, 2.75) is 32.2 Å². The van der Waals surface area contributed by atoms with Crippen LogP contribution in [-0.4, -0.2) is 31.1 Å². The van der Waals surface area contributed by atoms with Crippen molar-refractivity contribution in [1.29, 1.82) is 0 Å². The van der Waals surface area contributed by atoms with Gasteiger partial charge in [-0.1, -0.05) is 37.4 Å². The van der Waals surface area contributed by atoms with Crippen LogP contribution in [0.4, 0.5) is 4.39 Å². The largest absolute Gasteiger partial charge is 0.314 e. The predicted molar refractivity (Wildman–Crippen MR) is 78.1 cm³/mol. The number of nitrogens with one attached hydrogen (secondary N) is 1. The molecule has 1 aliphatic rings. The Balaban J connectivity index is 2.19. The Labute approximate surface area is 119 Å². The van der Waals surface area contributed by atoms with Crippen molar-refractivity contribution in [3.63, 3.8) is 0 Å². The van der Waals surface area contributed by atoms with E-state index in [1.807, 2.05) is 6.07 Å². The van der Waals surface area contributed by atoms with Crippen LogP contribution in [0.2, 0.25) is 5.02 Å². The van der Waals surface area contributed by atoms with Gasteiger partial charge in [0, 0.05) is 42.8 Å². The molecule has 1 atom stereocenters. The molecule has 0 aromatic heterocycles. The summed E-state index contributed by atoms with van der Waals surface area (Å²) in [5, 5.41) is 3.81. The van der Waals surface area contributed by atoms with E-state index in [1.54, 1.807) is 6.07 Å². The summed E-state index contributed by atoms with van der Waals surface area (Å²) in [6.45, 7) is 6.11. The second-order valence-corrected chi connectivity index (χ2v) is 5.55. The molecule has 2 nitrogen and oxygen atoms in total. The molecule has 106 valence electrons. The number of benzene rings is 1. The van der Waals surface area contributed by atoms with Crippen LogP contribution in [0, 0.1) is 5.82 Å². The topological polar surface area (TPSA) is 15.3 Å². The van der Waals surface area contributed by atoms with Gasteiger partial charge in [0.15, 0.2) is 0 Å². The molecule has 0 radical (unpaired) electrons. The number of hydrogen-bond donors (Lipinski definition) is 1. The molecule has 1 fully saturated rings. The molecule has 1 heterocycles. The van der Waals surface area contributed by atoms with E-state index in [4.69, 9.17) is 11.6 Å². The van der Waals surface area contributed by atoms with E-state index in [9.17, 15) is 4.39 Å². The third-order valence-electron chi connectivity index (χ3n) is 3.74. The smallest absolute Gasteiger partial charge is 0.129 e. The maximum Gasteiger partial charge on any atom is 0.129 e. The van der Waals surface area contributed by atoms with Crippen LogP contribution in [0.15, 0.2) is 18.2 Å². The lowest BCUT2D eigenvalue weighted by Gasteiger charge is -2.35. The summed E-state index contributed by atoms with van der Waals surface area (Å²) in [5.41, 5.74) is 0.791. The molecule has 2 rings (SSSR count). The van der Waals surface area contributed by atoms with Crippen LogP contribution in [0.5, 0.6) is 0 Å². The minimum atomic E-state index is -0.174. The van der Waals surface area contributed by atoms with Crippen molar-refractivity contribution in [3.8, 4) is 0 Å². The van der Waals surface area contributed by atoms with E-state index in [0.717, 1.165) is 51.0 Å². The molecule has 0 saturated carbocycles. The van der Waals surface area contributed by atoms with Gasteiger partial charge in [-0.2, -0.15) is 0 Å². The molecular weight excluding hydrogens is 263 g/mol. The molecule has 1 aliphatic heterocycles. The first-order chi connectivity index (χ1) is 9.22. The lowest BCUT2D eigenvalue weighted by atomic mass is 9.98. The summed E-state index contributed by atoms with van der Waals surface area (Å²) < 4.78 is 14.2. The number of unbranched alkanes of at least 4 members (excludes halogenated alkanes) is 1. The standard InChI is InChI=1S/C15H22ClFN2/c1-2-3-4-15(19-9-7-18-8-10-19)13-6-5-12(16)11-14(13)17/h5-6,11,15,18H,2-4,7-10H2,1H3/t15-/m0/s1. The van der Waals surface area contributed by atoms with E-state index >= 15 is 0 Å². The Morgan fingerprint density at radius 1 is 1.37 bits per heavy atom. The van der Waals surface area contributed by atoms with Gasteiger partial charge in [-0.05, 0) is 18.6 Å². The second-order valence-electron chi connectivity index (χ2n) is 5.11. The summed E-state index contributed by atoms with van der Waals surface area (Å²) in [6.07, 6.45) is 3.27. The maximum absolute atomic E-state index is 14.2. The van der Waals surface area contributed by atoms with E-state index < -0.39 is 0 Å². The van der Waals surface area contributed by atoms with E-state index in [0.29, 0.717) is 5.02 Å². The molecule has 0 unspecified atom stereocenters. The first-order valence-corrected chi connectivity index (χ1v) is 7.50. The Hall–Kier alpha value is -0.640. The fraction of sp³-hybridized carbons (Fsp3) is 0.600. The zero-order valence-electron chi connectivity index (χ0n) is 11.5. The zero-order valence-corrected chi connectivity index (χ0v) is 12.2. The van der Waals surface area contributed by atoms with Crippen LogP contribution in [0.1, 0.15) is 37.8 Å². The minimum absolute atomic E-state index is 0.174. The molecule has 19 heavy (non-hydrogen) atoms. The molecule has 4 heteroatoms. The SMILES string of the molecule is CCCC[C@@H](c1ccc(Cl)cc1F)N1CCNCC1. The van der Waals surface area contributed by atoms with E-state index in [1.165, 1.54) is 6.07 Å². The van der Waals surface area contributed by atoms with Crippen molar-refractivity contribution in [2.24, 2.45) is 0 Å². The number of nitrogens with zero attached hydrogens (tertiary/aromatic N) is 1. The summed E-state index contributed by atoms with van der Waals surface area (Å²) in [5.74, 6) is -0.174. The summed E-state index contributed by atoms with van der Waals surface area (Å²) in [7, 11) is 0. The molecule has 0 bridgehead atoms. The lowest BCUT2D eigenvalue weighted by molar-refractivity contribution is 0.160. The average molecular weight is 285 g/mol. The Bertz CT molecular complexity index is 405. The van der Waals surface area contributed by atoms with Crippen molar-refractivity contribution in [2.75, 3.05) is 26.2 Å². The van der Waals surface area contributed by atoms with Gasteiger partial charge < -0.3 is 5.32 Å². The van der Waals surface area contributed by atoms with Crippen LogP contribution in [-0.2, 0) is 0 Å². The molecule has 1 N–H and O–H groups in total. The molecule has 1 saturated heterocycles. The Morgan fingerprint density at radius 3 is 2.74 bits per heavy atom. The molecule has 1 aromatic rings. The molecular formula is C15H22ClFN2. The second kappa shape index (κ2) is 7.22. The summed E-state index contributed by atoms with van der Waals surface area (Å²) in [6, 6.07) is 5.25. The van der Waals surface area contributed by atoms with Crippen molar-refractivity contribution in [1.82, 2.24) is 10.2 Å². The molecule has 0 aliphatic carbocycles. The lowest BCUT2D eigenvalue weighted by Crippen LogP contribution is -2.45. The quantitative estimate of drug-likeness (QED) is 0.888. The van der Waals surface area contributed by atoms with Crippen LogP contribution >= 0.6 is 11.6 Å². The Kier molecular flexibility index (Phi) is 5.61. The highest BCUT2D eigenvalue weighted by molar-refractivity contribution is 6.30. The van der Waals surface area contributed by atoms with Gasteiger partial charge in [-0.3, -0.25) is 4.90 Å². The van der Waals surface area contributed by atoms with Crippen LogP contribution in [0.3, 0.4) is 0 Å². The molecule has 0 amide bonds. The minimum Gasteiger partial charge on any atom is -0.314 e. The number of piperazine rings is 1. The highest BCUT2D eigenvalue weighted by Crippen LogP contribution is 2.30. The zero-order chi connectivity index (χ0) is 13.7. The Morgan fingerprint density at radius 2 is 2.11 bits per heavy atom. The molecule has 1 aromatic carbocycles. The summed E-state index contributed by atoms with van der Waals surface area (Å²) in [4.78, 5) is 2.39. The maximum atomic E-state index is 14.2. The monoisotopic (exact) mass is 284 g/mol.